The Morgan fingerprint density at radius 1 is 1.12 bits per heavy atom. The van der Waals surface area contributed by atoms with E-state index in [1.807, 2.05) is 25.1 Å². The highest BCUT2D eigenvalue weighted by molar-refractivity contribution is 6.30. The quantitative estimate of drug-likeness (QED) is 0.858. The normalized spacial score (nSPS) is 10.6. The van der Waals surface area contributed by atoms with E-state index >= 15 is 0 Å². The van der Waals surface area contributed by atoms with Gasteiger partial charge in [-0.05, 0) is 36.2 Å². The third-order valence-electron chi connectivity index (χ3n) is 2.71. The molecule has 2 rings (SSSR count). The summed E-state index contributed by atoms with van der Waals surface area (Å²) >= 11 is 5.74. The summed E-state index contributed by atoms with van der Waals surface area (Å²) in [7, 11) is 0. The maximum absolute atomic E-state index is 13.9. The zero-order valence-corrected chi connectivity index (χ0v) is 10.3. The van der Waals surface area contributed by atoms with E-state index in [1.165, 1.54) is 6.07 Å². The van der Waals surface area contributed by atoms with Crippen LogP contribution >= 0.6 is 11.6 Å². The molecule has 0 amide bonds. The van der Waals surface area contributed by atoms with Crippen molar-refractivity contribution in [3.63, 3.8) is 0 Å². The molecular formula is C14H13ClFN. The van der Waals surface area contributed by atoms with Gasteiger partial charge in [0.1, 0.15) is 5.82 Å². The average Bonchev–Trinajstić information content (AvgIpc) is 2.29. The van der Waals surface area contributed by atoms with Crippen molar-refractivity contribution in [2.75, 3.05) is 0 Å². The van der Waals surface area contributed by atoms with Crippen LogP contribution in [0.25, 0.3) is 11.1 Å². The van der Waals surface area contributed by atoms with Gasteiger partial charge in [-0.2, -0.15) is 0 Å². The number of hydrogen-bond donors (Lipinski definition) is 1. The van der Waals surface area contributed by atoms with Gasteiger partial charge in [0.25, 0.3) is 0 Å². The van der Waals surface area contributed by atoms with Gasteiger partial charge in [-0.1, -0.05) is 35.4 Å². The summed E-state index contributed by atoms with van der Waals surface area (Å²) in [6, 6.07) is 10.5. The first-order chi connectivity index (χ1) is 8.11. The van der Waals surface area contributed by atoms with Crippen molar-refractivity contribution in [3.05, 3.63) is 58.4 Å². The minimum absolute atomic E-state index is 0.321. The lowest BCUT2D eigenvalue weighted by atomic mass is 9.97. The van der Waals surface area contributed by atoms with Crippen LogP contribution < -0.4 is 5.73 Å². The first-order valence-electron chi connectivity index (χ1n) is 5.37. The van der Waals surface area contributed by atoms with E-state index < -0.39 is 0 Å². The zero-order chi connectivity index (χ0) is 12.4. The van der Waals surface area contributed by atoms with Crippen molar-refractivity contribution in [2.24, 2.45) is 5.73 Å². The molecule has 2 aromatic carbocycles. The van der Waals surface area contributed by atoms with Crippen LogP contribution in [0.4, 0.5) is 4.39 Å². The van der Waals surface area contributed by atoms with Crippen LogP contribution in [0.3, 0.4) is 0 Å². The molecule has 0 spiro atoms. The summed E-state index contributed by atoms with van der Waals surface area (Å²) in [5.41, 5.74) is 9.05. The molecule has 0 heterocycles. The van der Waals surface area contributed by atoms with Gasteiger partial charge in [0.05, 0.1) is 0 Å². The van der Waals surface area contributed by atoms with Gasteiger partial charge in [-0.15, -0.1) is 0 Å². The lowest BCUT2D eigenvalue weighted by Gasteiger charge is -2.10. The lowest BCUT2D eigenvalue weighted by molar-refractivity contribution is 0.631. The smallest absolute Gasteiger partial charge is 0.132 e. The molecule has 0 radical (unpaired) electrons. The number of benzene rings is 2. The zero-order valence-electron chi connectivity index (χ0n) is 9.50. The summed E-state index contributed by atoms with van der Waals surface area (Å²) in [4.78, 5) is 0. The molecule has 0 saturated heterocycles. The predicted molar refractivity (Wildman–Crippen MR) is 69.5 cm³/mol. The standard InChI is InChI=1S/C14H13ClFN/c1-9-2-3-10(8-17)13(6-9)12-5-4-11(15)7-14(12)16/h2-7H,8,17H2,1H3. The van der Waals surface area contributed by atoms with E-state index in [4.69, 9.17) is 17.3 Å². The van der Waals surface area contributed by atoms with Crippen molar-refractivity contribution < 1.29 is 4.39 Å². The first kappa shape index (κ1) is 12.1. The summed E-state index contributed by atoms with van der Waals surface area (Å²) in [6.45, 7) is 2.36. The third-order valence-corrected chi connectivity index (χ3v) is 2.94. The van der Waals surface area contributed by atoms with Gasteiger partial charge < -0.3 is 5.73 Å². The number of halogens is 2. The first-order valence-corrected chi connectivity index (χ1v) is 5.74. The van der Waals surface area contributed by atoms with Crippen LogP contribution in [0.15, 0.2) is 36.4 Å². The van der Waals surface area contributed by atoms with E-state index in [9.17, 15) is 4.39 Å². The van der Waals surface area contributed by atoms with Crippen LogP contribution in [0, 0.1) is 12.7 Å². The molecule has 0 fully saturated rings. The maximum Gasteiger partial charge on any atom is 0.132 e. The molecule has 0 aliphatic rings. The summed E-state index contributed by atoms with van der Waals surface area (Å²) in [5.74, 6) is -0.321. The molecule has 88 valence electrons. The molecule has 0 aromatic heterocycles. The molecular weight excluding hydrogens is 237 g/mol. The Hall–Kier alpha value is -1.38. The predicted octanol–water partition coefficient (Wildman–Crippen LogP) is 3.91. The Labute approximate surface area is 105 Å². The largest absolute Gasteiger partial charge is 0.326 e. The number of nitrogens with two attached hydrogens (primary N) is 1. The summed E-state index contributed by atoms with van der Waals surface area (Å²) in [6.07, 6.45) is 0. The number of hydrogen-bond acceptors (Lipinski definition) is 1. The second kappa shape index (κ2) is 4.86. The van der Waals surface area contributed by atoms with Crippen molar-refractivity contribution in [1.82, 2.24) is 0 Å². The molecule has 0 aliphatic heterocycles. The van der Waals surface area contributed by atoms with Crippen LogP contribution in [0.1, 0.15) is 11.1 Å². The van der Waals surface area contributed by atoms with Crippen LogP contribution in [0.5, 0.6) is 0 Å². The summed E-state index contributed by atoms with van der Waals surface area (Å²) < 4.78 is 13.9. The molecule has 0 bridgehead atoms. The topological polar surface area (TPSA) is 26.0 Å². The van der Waals surface area contributed by atoms with Crippen molar-refractivity contribution in [2.45, 2.75) is 13.5 Å². The van der Waals surface area contributed by atoms with Gasteiger partial charge in [-0.25, -0.2) is 4.39 Å². The Balaban J connectivity index is 2.62. The molecule has 0 atom stereocenters. The Morgan fingerprint density at radius 3 is 2.53 bits per heavy atom. The Kier molecular flexibility index (Phi) is 3.46. The highest BCUT2D eigenvalue weighted by Crippen LogP contribution is 2.29. The number of aryl methyl sites for hydroxylation is 1. The minimum Gasteiger partial charge on any atom is -0.326 e. The lowest BCUT2D eigenvalue weighted by Crippen LogP contribution is -2.00. The highest BCUT2D eigenvalue weighted by Gasteiger charge is 2.09. The molecule has 1 nitrogen and oxygen atoms in total. The Morgan fingerprint density at radius 2 is 1.88 bits per heavy atom. The van der Waals surface area contributed by atoms with Gasteiger partial charge >= 0.3 is 0 Å². The van der Waals surface area contributed by atoms with Gasteiger partial charge in [0.15, 0.2) is 0 Å². The fourth-order valence-corrected chi connectivity index (χ4v) is 1.99. The van der Waals surface area contributed by atoms with Gasteiger partial charge in [0.2, 0.25) is 0 Å². The fourth-order valence-electron chi connectivity index (χ4n) is 1.83. The van der Waals surface area contributed by atoms with E-state index in [-0.39, 0.29) is 5.82 Å². The van der Waals surface area contributed by atoms with Crippen LogP contribution in [0.2, 0.25) is 5.02 Å². The van der Waals surface area contributed by atoms with Crippen molar-refractivity contribution in [3.8, 4) is 11.1 Å². The van der Waals surface area contributed by atoms with Crippen LogP contribution in [-0.2, 0) is 6.54 Å². The number of rotatable bonds is 2. The second-order valence-corrected chi connectivity index (χ2v) is 4.43. The molecule has 0 aliphatic carbocycles. The van der Waals surface area contributed by atoms with Crippen molar-refractivity contribution >= 4 is 11.6 Å². The van der Waals surface area contributed by atoms with E-state index in [0.29, 0.717) is 17.1 Å². The van der Waals surface area contributed by atoms with E-state index in [2.05, 4.69) is 0 Å². The second-order valence-electron chi connectivity index (χ2n) is 3.99. The SMILES string of the molecule is Cc1ccc(CN)c(-c2ccc(Cl)cc2F)c1. The minimum atomic E-state index is -0.321. The monoisotopic (exact) mass is 249 g/mol. The molecule has 3 heteroatoms. The third kappa shape index (κ3) is 2.48. The molecule has 17 heavy (non-hydrogen) atoms. The Bertz CT molecular complexity index is 552. The van der Waals surface area contributed by atoms with Crippen LogP contribution in [-0.4, -0.2) is 0 Å². The molecule has 0 unspecified atom stereocenters. The van der Waals surface area contributed by atoms with E-state index in [1.54, 1.807) is 12.1 Å². The summed E-state index contributed by atoms with van der Waals surface area (Å²) in [5, 5.41) is 0.396. The average molecular weight is 250 g/mol. The molecule has 0 saturated carbocycles. The molecule has 2 N–H and O–H groups in total. The van der Waals surface area contributed by atoms with Crippen molar-refractivity contribution in [1.29, 1.82) is 0 Å². The van der Waals surface area contributed by atoms with Gasteiger partial charge in [-0.3, -0.25) is 0 Å². The highest BCUT2D eigenvalue weighted by atomic mass is 35.5. The maximum atomic E-state index is 13.9. The molecule has 2 aromatic rings. The van der Waals surface area contributed by atoms with E-state index in [0.717, 1.165) is 16.7 Å². The fraction of sp³-hybridized carbons (Fsp3) is 0.143. The van der Waals surface area contributed by atoms with Gasteiger partial charge in [0, 0.05) is 17.1 Å².